The van der Waals surface area contributed by atoms with E-state index >= 15 is 0 Å². The number of amides is 3. The molecule has 0 spiro atoms. The van der Waals surface area contributed by atoms with Crippen molar-refractivity contribution >= 4 is 29.1 Å². The second-order valence-electron chi connectivity index (χ2n) is 10.1. The molecule has 11 heteroatoms. The van der Waals surface area contributed by atoms with Crippen LogP contribution in [0.1, 0.15) is 56.1 Å². The Kier molecular flexibility index (Phi) is 7.92. The van der Waals surface area contributed by atoms with Gasteiger partial charge in [0.15, 0.2) is 18.1 Å². The minimum absolute atomic E-state index is 0.124. The lowest BCUT2D eigenvalue weighted by Gasteiger charge is -2.21. The highest BCUT2D eigenvalue weighted by Gasteiger charge is 2.39. The number of fused-ring (bicyclic) bond motifs is 7. The second-order valence-corrected chi connectivity index (χ2v) is 11.2. The third kappa shape index (κ3) is 5.89. The van der Waals surface area contributed by atoms with Gasteiger partial charge in [-0.15, -0.1) is 11.3 Å². The highest BCUT2D eigenvalue weighted by atomic mass is 32.1. The van der Waals surface area contributed by atoms with Crippen LogP contribution in [0.5, 0.6) is 17.2 Å². The number of aryl methyl sites for hydroxylation is 1. The van der Waals surface area contributed by atoms with Crippen LogP contribution in [0.25, 0.3) is 0 Å². The monoisotopic (exact) mass is 564 g/mol. The van der Waals surface area contributed by atoms with Crippen LogP contribution in [0.15, 0.2) is 42.5 Å². The molecule has 2 N–H and O–H groups in total. The van der Waals surface area contributed by atoms with Crippen molar-refractivity contribution in [3.8, 4) is 17.2 Å². The number of rotatable bonds is 3. The summed E-state index contributed by atoms with van der Waals surface area (Å²) < 4.78 is 17.4. The molecule has 0 saturated carbocycles. The third-order valence-corrected chi connectivity index (χ3v) is 8.30. The number of aromatic nitrogens is 1. The maximum atomic E-state index is 13.6. The number of methoxy groups -OCH3 is 1. The summed E-state index contributed by atoms with van der Waals surface area (Å²) in [6.45, 7) is 6.61. The van der Waals surface area contributed by atoms with E-state index < -0.39 is 12.1 Å². The van der Waals surface area contributed by atoms with Gasteiger partial charge in [0, 0.05) is 24.6 Å². The number of carbonyl (C=O) groups excluding carboxylic acids is 3. The van der Waals surface area contributed by atoms with Crippen LogP contribution in [-0.4, -0.2) is 66.6 Å². The van der Waals surface area contributed by atoms with Crippen LogP contribution in [0.3, 0.4) is 0 Å². The van der Waals surface area contributed by atoms with Crippen LogP contribution in [0, 0.1) is 6.92 Å². The fourth-order valence-electron chi connectivity index (χ4n) is 4.64. The molecule has 6 rings (SSSR count). The van der Waals surface area contributed by atoms with Gasteiger partial charge in [-0.05, 0) is 42.8 Å². The van der Waals surface area contributed by atoms with E-state index in [0.717, 1.165) is 10.6 Å². The molecule has 1 saturated heterocycles. The molecule has 2 aromatic carbocycles. The normalized spacial score (nSPS) is 19.3. The molecule has 0 unspecified atom stereocenters. The van der Waals surface area contributed by atoms with E-state index in [1.165, 1.54) is 24.5 Å². The predicted molar refractivity (Wildman–Crippen MR) is 149 cm³/mol. The van der Waals surface area contributed by atoms with E-state index in [2.05, 4.69) is 29.5 Å². The van der Waals surface area contributed by atoms with Crippen molar-refractivity contribution < 1.29 is 28.6 Å². The van der Waals surface area contributed by atoms with Crippen molar-refractivity contribution in [1.29, 1.82) is 0 Å². The SMILES string of the molecule is COc1ccc2cc1OCC(=O)NCc1ccc(cc1)O[C@H]1CN(C(=O)c3sc(C(C)C)nc3C)C[C@@H]1NC2=O. The molecular formula is C29H32N4O6S. The van der Waals surface area contributed by atoms with Gasteiger partial charge in [0.25, 0.3) is 17.7 Å². The summed E-state index contributed by atoms with van der Waals surface area (Å²) in [5.74, 6) is 0.707. The van der Waals surface area contributed by atoms with Gasteiger partial charge >= 0.3 is 0 Å². The van der Waals surface area contributed by atoms with Crippen molar-refractivity contribution in [2.45, 2.75) is 45.4 Å². The summed E-state index contributed by atoms with van der Waals surface area (Å²) in [5, 5.41) is 6.78. The Labute approximate surface area is 236 Å². The van der Waals surface area contributed by atoms with Gasteiger partial charge in [0.2, 0.25) is 0 Å². The molecule has 210 valence electrons. The summed E-state index contributed by atoms with van der Waals surface area (Å²) in [7, 11) is 1.49. The minimum Gasteiger partial charge on any atom is -0.493 e. The predicted octanol–water partition coefficient (Wildman–Crippen LogP) is 3.29. The van der Waals surface area contributed by atoms with E-state index in [-0.39, 0.29) is 42.5 Å². The Bertz CT molecular complexity index is 1420. The van der Waals surface area contributed by atoms with Gasteiger partial charge < -0.3 is 29.7 Å². The zero-order valence-corrected chi connectivity index (χ0v) is 23.7. The lowest BCUT2D eigenvalue weighted by molar-refractivity contribution is -0.123. The fraction of sp³-hybridized carbons (Fsp3) is 0.379. The Balaban J connectivity index is 1.44. The standard InChI is InChI=1S/C29H32N4O6S/c1-16(2)28-31-17(3)26(40-28)29(36)33-13-21-24(14-33)39-20-8-5-18(6-9-20)12-30-25(34)15-38-23-11-19(27(35)32-21)7-10-22(23)37-4/h5-11,16,21,24H,12-15H2,1-4H3,(H,30,34)(H,32,35)/t21-,24-/m0/s1. The molecule has 10 nitrogen and oxygen atoms in total. The number of carbonyl (C=O) groups is 3. The summed E-state index contributed by atoms with van der Waals surface area (Å²) in [6, 6.07) is 11.7. The van der Waals surface area contributed by atoms with Crippen LogP contribution >= 0.6 is 11.3 Å². The number of hydrogen-bond donors (Lipinski definition) is 2. The Morgan fingerprint density at radius 3 is 2.62 bits per heavy atom. The Morgan fingerprint density at radius 1 is 1.15 bits per heavy atom. The van der Waals surface area contributed by atoms with Crippen molar-refractivity contribution in [1.82, 2.24) is 20.5 Å². The first kappa shape index (κ1) is 27.4. The summed E-state index contributed by atoms with van der Waals surface area (Å²) in [6.07, 6.45) is -0.485. The average molecular weight is 565 g/mol. The number of nitrogens with one attached hydrogen (secondary N) is 2. The average Bonchev–Trinajstić information content (AvgIpc) is 3.53. The maximum Gasteiger partial charge on any atom is 0.266 e. The molecular weight excluding hydrogens is 532 g/mol. The minimum atomic E-state index is -0.485. The van der Waals surface area contributed by atoms with Crippen molar-refractivity contribution in [2.75, 3.05) is 26.8 Å². The molecule has 2 atom stereocenters. The Morgan fingerprint density at radius 2 is 1.93 bits per heavy atom. The van der Waals surface area contributed by atoms with Crippen molar-refractivity contribution in [3.05, 3.63) is 69.2 Å². The molecule has 1 aromatic heterocycles. The highest BCUT2D eigenvalue weighted by Crippen LogP contribution is 2.30. The summed E-state index contributed by atoms with van der Waals surface area (Å²) in [4.78, 5) is 46.2. The summed E-state index contributed by atoms with van der Waals surface area (Å²) >= 11 is 1.41. The number of benzene rings is 2. The van der Waals surface area contributed by atoms with Crippen LogP contribution in [0.2, 0.25) is 0 Å². The third-order valence-electron chi connectivity index (χ3n) is 6.86. The summed E-state index contributed by atoms with van der Waals surface area (Å²) in [5.41, 5.74) is 1.92. The highest BCUT2D eigenvalue weighted by molar-refractivity contribution is 7.13. The van der Waals surface area contributed by atoms with Gasteiger partial charge in [-0.1, -0.05) is 26.0 Å². The first-order valence-electron chi connectivity index (χ1n) is 13.1. The molecule has 3 aliphatic rings. The quantitative estimate of drug-likeness (QED) is 0.501. The van der Waals surface area contributed by atoms with Gasteiger partial charge in [0.1, 0.15) is 16.7 Å². The molecule has 4 heterocycles. The zero-order valence-electron chi connectivity index (χ0n) is 22.9. The Hall–Kier alpha value is -4.12. The van der Waals surface area contributed by atoms with Crippen LogP contribution in [0.4, 0.5) is 0 Å². The van der Waals surface area contributed by atoms with Gasteiger partial charge in [-0.2, -0.15) is 0 Å². The zero-order chi connectivity index (χ0) is 28.4. The molecule has 40 heavy (non-hydrogen) atoms. The molecule has 0 aliphatic carbocycles. The maximum absolute atomic E-state index is 13.6. The lowest BCUT2D eigenvalue weighted by Crippen LogP contribution is -2.45. The van der Waals surface area contributed by atoms with E-state index in [1.807, 2.05) is 31.2 Å². The molecule has 1 fully saturated rings. The lowest BCUT2D eigenvalue weighted by atomic mass is 10.1. The molecule has 4 bridgehead atoms. The smallest absolute Gasteiger partial charge is 0.266 e. The topological polar surface area (TPSA) is 119 Å². The van der Waals surface area contributed by atoms with Crippen LogP contribution in [-0.2, 0) is 11.3 Å². The number of thiazole rings is 1. The van der Waals surface area contributed by atoms with E-state index in [0.29, 0.717) is 40.7 Å². The number of nitrogens with zero attached hydrogens (tertiary/aromatic N) is 2. The van der Waals surface area contributed by atoms with Gasteiger partial charge in [-0.3, -0.25) is 14.4 Å². The molecule has 0 radical (unpaired) electrons. The second kappa shape index (κ2) is 11.5. The van der Waals surface area contributed by atoms with E-state index in [1.54, 1.807) is 17.0 Å². The number of hydrogen-bond acceptors (Lipinski definition) is 8. The molecule has 3 aliphatic heterocycles. The van der Waals surface area contributed by atoms with E-state index in [4.69, 9.17) is 14.2 Å². The van der Waals surface area contributed by atoms with Crippen molar-refractivity contribution in [2.24, 2.45) is 0 Å². The number of likely N-dealkylation sites (tertiary alicyclic amines) is 1. The van der Waals surface area contributed by atoms with Gasteiger partial charge in [-0.25, -0.2) is 4.98 Å². The van der Waals surface area contributed by atoms with Crippen molar-refractivity contribution in [3.63, 3.8) is 0 Å². The van der Waals surface area contributed by atoms with E-state index in [9.17, 15) is 14.4 Å². The number of ether oxygens (including phenoxy) is 3. The largest absolute Gasteiger partial charge is 0.493 e. The first-order valence-corrected chi connectivity index (χ1v) is 13.9. The fourth-order valence-corrected chi connectivity index (χ4v) is 5.68. The molecule has 3 amide bonds. The first-order chi connectivity index (χ1) is 19.2. The van der Waals surface area contributed by atoms with Crippen LogP contribution < -0.4 is 24.8 Å². The van der Waals surface area contributed by atoms with Gasteiger partial charge in [0.05, 0.1) is 30.4 Å². The molecule has 3 aromatic rings.